The average molecular weight is 722 g/mol. The molecule has 0 saturated heterocycles. The zero-order valence-corrected chi connectivity index (χ0v) is 27.3. The number of nitrogens with one attached hydrogen (secondary N) is 1. The lowest BCUT2D eigenvalue weighted by atomic mass is 9.90. The van der Waals surface area contributed by atoms with Crippen molar-refractivity contribution in [1.29, 1.82) is 0 Å². The van der Waals surface area contributed by atoms with E-state index in [1.165, 1.54) is 64.4 Å². The fraction of sp³-hybridized carbons (Fsp3) is 0.265. The summed E-state index contributed by atoms with van der Waals surface area (Å²) in [5, 5.41) is 62.1. The van der Waals surface area contributed by atoms with E-state index in [1.54, 1.807) is 0 Å². The van der Waals surface area contributed by atoms with Crippen molar-refractivity contribution in [3.05, 3.63) is 70.4 Å². The van der Waals surface area contributed by atoms with Crippen LogP contribution in [0.15, 0.2) is 63.8 Å². The van der Waals surface area contributed by atoms with Gasteiger partial charge in [-0.2, -0.15) is 0 Å². The maximum absolute atomic E-state index is 13.1. The van der Waals surface area contributed by atoms with E-state index in [9.17, 15) is 54.0 Å². The molecule has 0 spiro atoms. The lowest BCUT2D eigenvalue weighted by Crippen LogP contribution is -2.46. The summed E-state index contributed by atoms with van der Waals surface area (Å²) < 4.78 is 5.79. The van der Waals surface area contributed by atoms with E-state index in [2.05, 4.69) is 5.32 Å². The molecule has 2 aliphatic rings. The minimum atomic E-state index is -1.37. The van der Waals surface area contributed by atoms with Crippen LogP contribution >= 0.6 is 0 Å². The van der Waals surface area contributed by atoms with Crippen LogP contribution in [0.1, 0.15) is 10.4 Å². The molecular weight excluding hydrogens is 688 g/mol. The van der Waals surface area contributed by atoms with E-state index in [1.807, 2.05) is 0 Å². The van der Waals surface area contributed by atoms with Crippen LogP contribution in [0.2, 0.25) is 0 Å². The molecule has 1 aliphatic heterocycles. The monoisotopic (exact) mass is 721 g/mol. The van der Waals surface area contributed by atoms with Crippen molar-refractivity contribution in [2.24, 2.45) is 0 Å². The quantitative estimate of drug-likeness (QED) is 0.0720. The van der Waals surface area contributed by atoms with Gasteiger partial charge in [-0.1, -0.05) is 18.2 Å². The Morgan fingerprint density at radius 2 is 1.17 bits per heavy atom. The molecule has 0 fully saturated rings. The smallest absolute Gasteiger partial charge is 0.336 e. The van der Waals surface area contributed by atoms with Crippen molar-refractivity contribution in [1.82, 2.24) is 14.7 Å². The first-order chi connectivity index (χ1) is 24.6. The molecule has 1 amide bonds. The third-order valence-electron chi connectivity index (χ3n) is 7.74. The molecule has 0 saturated carbocycles. The van der Waals surface area contributed by atoms with E-state index in [-0.39, 0.29) is 65.5 Å². The maximum Gasteiger partial charge on any atom is 0.336 e. The molecule has 0 bridgehead atoms. The number of carboxylic acid groups (broad SMARTS) is 5. The van der Waals surface area contributed by atoms with Crippen LogP contribution in [0.4, 0.5) is 5.69 Å². The van der Waals surface area contributed by atoms with Gasteiger partial charge in [-0.15, -0.1) is 5.75 Å². The third kappa shape index (κ3) is 10.6. The highest BCUT2D eigenvalue weighted by molar-refractivity contribution is 6.08. The summed E-state index contributed by atoms with van der Waals surface area (Å²) in [7, 11) is 0. The van der Waals surface area contributed by atoms with E-state index in [4.69, 9.17) is 14.6 Å². The fourth-order valence-corrected chi connectivity index (χ4v) is 5.59. The molecule has 6 N–H and O–H groups in total. The summed E-state index contributed by atoms with van der Waals surface area (Å²) in [6.45, 7) is -3.34. The van der Waals surface area contributed by atoms with Gasteiger partial charge in [0.2, 0.25) is 5.91 Å². The van der Waals surface area contributed by atoms with Gasteiger partial charge in [0.25, 0.3) is 0 Å². The molecule has 0 radical (unpaired) electrons. The molecule has 0 unspecified atom stereocenters. The number of hydrogen-bond donors (Lipinski definition) is 6. The van der Waals surface area contributed by atoms with Crippen molar-refractivity contribution in [2.45, 2.75) is 0 Å². The number of carboxylic acids is 5. The lowest BCUT2D eigenvalue weighted by molar-refractivity contribution is -0.268. The van der Waals surface area contributed by atoms with Gasteiger partial charge in [0.1, 0.15) is 11.3 Å². The number of fused-ring (bicyclic) bond motifs is 2. The second-order valence-corrected chi connectivity index (χ2v) is 11.7. The van der Waals surface area contributed by atoms with Crippen LogP contribution in [-0.2, 0) is 24.0 Å². The first kappa shape index (κ1) is 38.4. The largest absolute Gasteiger partial charge is 0.872 e. The Labute approximate surface area is 293 Å². The molecule has 2 aromatic rings. The van der Waals surface area contributed by atoms with Crippen LogP contribution in [0.25, 0.3) is 33.4 Å². The lowest BCUT2D eigenvalue weighted by Gasteiger charge is -2.27. The van der Waals surface area contributed by atoms with Gasteiger partial charge in [0, 0.05) is 54.4 Å². The molecule has 1 heterocycles. The number of nitrogens with zero attached hydrogens (tertiary/aromatic N) is 3. The minimum Gasteiger partial charge on any atom is -0.872 e. The zero-order chi connectivity index (χ0) is 38.1. The number of amides is 1. The predicted molar refractivity (Wildman–Crippen MR) is 179 cm³/mol. The predicted octanol–water partition coefficient (Wildman–Crippen LogP) is 0.520. The summed E-state index contributed by atoms with van der Waals surface area (Å²) in [4.78, 5) is 86.6. The van der Waals surface area contributed by atoms with Gasteiger partial charge in [-0.3, -0.25) is 43.5 Å². The second kappa shape index (κ2) is 17.0. The minimum absolute atomic E-state index is 0.0452. The van der Waals surface area contributed by atoms with Gasteiger partial charge in [-0.05, 0) is 35.9 Å². The molecule has 18 nitrogen and oxygen atoms in total. The second-order valence-electron chi connectivity index (χ2n) is 11.7. The molecule has 1 aliphatic carbocycles. The summed E-state index contributed by atoms with van der Waals surface area (Å²) in [6, 6.07) is 12.0. The Kier molecular flexibility index (Phi) is 12.6. The molecule has 2 aromatic carbocycles. The number of carbonyl (C=O) groups is 6. The van der Waals surface area contributed by atoms with Gasteiger partial charge in [-0.25, -0.2) is 4.79 Å². The third-order valence-corrected chi connectivity index (χ3v) is 7.74. The molecular formula is C34H33N4O14-. The van der Waals surface area contributed by atoms with E-state index >= 15 is 0 Å². The molecule has 4 rings (SSSR count). The number of aromatic carboxylic acids is 1. The number of hydrogen-bond acceptors (Lipinski definition) is 12. The normalized spacial score (nSPS) is 11.4. The van der Waals surface area contributed by atoms with Gasteiger partial charge < -0.3 is 40.4 Å². The number of carbonyl (C=O) groups excluding carboxylic acids is 1. The topological polar surface area (TPSA) is 279 Å². The van der Waals surface area contributed by atoms with Crippen LogP contribution in [0.5, 0.6) is 5.75 Å². The number of aliphatic carboxylic acids is 4. The standard InChI is InChI=1S/C34H34N4O14/c39-20-2-5-23-26(12-20)52-27-13-21(40)3-6-24(27)33(23)22-4-1-19(11-25(22)34(50)51)35-28(41)14-37(16-30(44)45)9-7-36(15-29(42)43)8-10-38(17-31(46)47)18-32(48)49/h1-6,11-13,39H,7-10,14-18H2,(H,35,41)(H,42,43)(H,44,45)(H,46,47)(H,48,49)(H,50,51)/p-1. The van der Waals surface area contributed by atoms with Crippen LogP contribution in [0.3, 0.4) is 0 Å². The maximum atomic E-state index is 13.1. The Balaban J connectivity index is 1.54. The number of rotatable bonds is 19. The van der Waals surface area contributed by atoms with E-state index in [0.29, 0.717) is 16.5 Å². The Morgan fingerprint density at radius 1 is 0.635 bits per heavy atom. The van der Waals surface area contributed by atoms with Crippen molar-refractivity contribution < 1.29 is 63.8 Å². The fourth-order valence-electron chi connectivity index (χ4n) is 5.59. The highest BCUT2D eigenvalue weighted by atomic mass is 16.4. The number of benzene rings is 3. The SMILES string of the molecule is O=C(O)CN(CCN(CC(=O)O)CC(=O)O)CCN(CC(=O)O)CC(=O)Nc1ccc(-c2c3ccc(=O)cc-3oc3cc([O-])ccc23)c(C(=O)O)c1. The zero-order valence-electron chi connectivity index (χ0n) is 27.3. The van der Waals surface area contributed by atoms with E-state index < -0.39 is 68.5 Å². The Morgan fingerprint density at radius 3 is 1.75 bits per heavy atom. The molecule has 0 atom stereocenters. The average Bonchev–Trinajstić information content (AvgIpc) is 3.03. The van der Waals surface area contributed by atoms with Crippen molar-refractivity contribution in [2.75, 3.05) is 64.2 Å². The molecule has 274 valence electrons. The Bertz CT molecular complexity index is 2030. The van der Waals surface area contributed by atoms with Crippen molar-refractivity contribution in [3.63, 3.8) is 0 Å². The van der Waals surface area contributed by atoms with E-state index in [0.717, 1.165) is 4.90 Å². The van der Waals surface area contributed by atoms with Gasteiger partial charge >= 0.3 is 29.8 Å². The van der Waals surface area contributed by atoms with Crippen LogP contribution in [-0.4, -0.2) is 135 Å². The van der Waals surface area contributed by atoms with Gasteiger partial charge in [0.05, 0.1) is 38.3 Å². The highest BCUT2D eigenvalue weighted by Gasteiger charge is 2.24. The van der Waals surface area contributed by atoms with Crippen molar-refractivity contribution >= 4 is 52.4 Å². The first-order valence-corrected chi connectivity index (χ1v) is 15.5. The molecule has 0 aromatic heterocycles. The molecule has 52 heavy (non-hydrogen) atoms. The van der Waals surface area contributed by atoms with Crippen LogP contribution < -0.4 is 15.9 Å². The summed E-state index contributed by atoms with van der Waals surface area (Å²) >= 11 is 0. The van der Waals surface area contributed by atoms with Crippen molar-refractivity contribution in [3.8, 4) is 28.2 Å². The number of anilines is 1. The Hall–Kier alpha value is -6.37. The summed E-state index contributed by atoms with van der Waals surface area (Å²) in [6.07, 6.45) is 0. The van der Waals surface area contributed by atoms with Gasteiger partial charge in [0.15, 0.2) is 5.43 Å². The highest BCUT2D eigenvalue weighted by Crippen LogP contribution is 2.42. The van der Waals surface area contributed by atoms with Crippen LogP contribution in [0, 0.1) is 0 Å². The first-order valence-electron chi connectivity index (χ1n) is 15.5. The summed E-state index contributed by atoms with van der Waals surface area (Å²) in [5.41, 5.74) is 0.472. The summed E-state index contributed by atoms with van der Waals surface area (Å²) in [5.74, 6) is -7.48. The molecule has 18 heteroatoms.